The summed E-state index contributed by atoms with van der Waals surface area (Å²) in [6.07, 6.45) is 4.92. The minimum absolute atomic E-state index is 0.294. The first-order chi connectivity index (χ1) is 7.22. The Kier molecular flexibility index (Phi) is 3.96. The van der Waals surface area contributed by atoms with E-state index in [1.54, 1.807) is 0 Å². The summed E-state index contributed by atoms with van der Waals surface area (Å²) < 4.78 is 7.94. The zero-order chi connectivity index (χ0) is 12.4. The number of hydrogen-bond donors (Lipinski definition) is 0. The minimum atomic E-state index is -1.58. The molecule has 4 heteroatoms. The molecule has 1 heterocycles. The molecule has 0 N–H and O–H groups in total. The molecule has 1 aromatic heterocycles. The molecule has 0 unspecified atom stereocenters. The summed E-state index contributed by atoms with van der Waals surface area (Å²) in [5, 5.41) is 4.45. The van der Waals surface area contributed by atoms with Crippen molar-refractivity contribution in [1.29, 1.82) is 0 Å². The quantitative estimate of drug-likeness (QED) is 0.757. The van der Waals surface area contributed by atoms with Gasteiger partial charge < -0.3 is 4.43 Å². The highest BCUT2D eigenvalue weighted by atomic mass is 28.4. The molecule has 0 amide bonds. The van der Waals surface area contributed by atoms with Crippen LogP contribution in [0.15, 0.2) is 12.4 Å². The van der Waals surface area contributed by atoms with Gasteiger partial charge in [0.2, 0.25) is 0 Å². The summed E-state index contributed by atoms with van der Waals surface area (Å²) in [4.78, 5) is 0. The van der Waals surface area contributed by atoms with Crippen LogP contribution in [0, 0.1) is 0 Å². The van der Waals surface area contributed by atoms with Crippen molar-refractivity contribution in [3.63, 3.8) is 0 Å². The minimum Gasteiger partial charge on any atom is -0.416 e. The maximum absolute atomic E-state index is 6.11. The van der Waals surface area contributed by atoms with Crippen molar-refractivity contribution in [3.8, 4) is 0 Å². The molecule has 0 bridgehead atoms. The second kappa shape index (κ2) is 4.71. The van der Waals surface area contributed by atoms with Crippen molar-refractivity contribution >= 4 is 8.32 Å². The lowest BCUT2D eigenvalue weighted by atomic mass is 10.2. The SMILES string of the molecule is Cn1cc(CCO[Si](C)(C)C(C)(C)C)cn1. The van der Waals surface area contributed by atoms with Gasteiger partial charge in [0.15, 0.2) is 8.32 Å². The largest absolute Gasteiger partial charge is 0.416 e. The molecule has 0 radical (unpaired) electrons. The molecule has 0 aliphatic rings. The Morgan fingerprint density at radius 2 is 2.00 bits per heavy atom. The van der Waals surface area contributed by atoms with Gasteiger partial charge in [0.1, 0.15) is 0 Å². The smallest absolute Gasteiger partial charge is 0.191 e. The third kappa shape index (κ3) is 3.45. The van der Waals surface area contributed by atoms with E-state index in [1.165, 1.54) is 5.56 Å². The topological polar surface area (TPSA) is 27.1 Å². The van der Waals surface area contributed by atoms with E-state index in [0.29, 0.717) is 5.04 Å². The van der Waals surface area contributed by atoms with Gasteiger partial charge in [-0.15, -0.1) is 0 Å². The van der Waals surface area contributed by atoms with Gasteiger partial charge >= 0.3 is 0 Å². The molecule has 0 aliphatic heterocycles. The van der Waals surface area contributed by atoms with E-state index in [0.717, 1.165) is 13.0 Å². The van der Waals surface area contributed by atoms with Crippen LogP contribution >= 0.6 is 0 Å². The maximum Gasteiger partial charge on any atom is 0.191 e. The Morgan fingerprint density at radius 1 is 1.38 bits per heavy atom. The van der Waals surface area contributed by atoms with Gasteiger partial charge in [0, 0.05) is 19.9 Å². The molecule has 0 atom stereocenters. The van der Waals surface area contributed by atoms with E-state index < -0.39 is 8.32 Å². The van der Waals surface area contributed by atoms with Gasteiger partial charge in [-0.25, -0.2) is 0 Å². The maximum atomic E-state index is 6.11. The van der Waals surface area contributed by atoms with Crippen LogP contribution in [0.25, 0.3) is 0 Å². The summed E-state index contributed by atoms with van der Waals surface area (Å²) in [7, 11) is 0.363. The van der Waals surface area contributed by atoms with Gasteiger partial charge in [-0.1, -0.05) is 20.8 Å². The van der Waals surface area contributed by atoms with Gasteiger partial charge in [0.25, 0.3) is 0 Å². The van der Waals surface area contributed by atoms with Crippen LogP contribution in [0.2, 0.25) is 18.1 Å². The molecule has 0 saturated heterocycles. The van der Waals surface area contributed by atoms with Crippen molar-refractivity contribution in [3.05, 3.63) is 18.0 Å². The normalized spacial score (nSPS) is 13.1. The lowest BCUT2D eigenvalue weighted by Gasteiger charge is -2.36. The van der Waals surface area contributed by atoms with Crippen molar-refractivity contribution in [2.24, 2.45) is 7.05 Å². The van der Waals surface area contributed by atoms with Gasteiger partial charge in [-0.05, 0) is 30.1 Å². The number of hydrogen-bond acceptors (Lipinski definition) is 2. The van der Waals surface area contributed by atoms with Crippen molar-refractivity contribution in [2.45, 2.75) is 45.3 Å². The van der Waals surface area contributed by atoms with Crippen molar-refractivity contribution in [2.75, 3.05) is 6.61 Å². The lowest BCUT2D eigenvalue weighted by Crippen LogP contribution is -2.41. The van der Waals surface area contributed by atoms with Crippen LogP contribution in [0.3, 0.4) is 0 Å². The van der Waals surface area contributed by atoms with Crippen LogP contribution < -0.4 is 0 Å². The molecular weight excluding hydrogens is 216 g/mol. The van der Waals surface area contributed by atoms with E-state index in [2.05, 4.69) is 45.2 Å². The third-order valence-electron chi connectivity index (χ3n) is 3.42. The Labute approximate surface area is 99.9 Å². The van der Waals surface area contributed by atoms with Crippen LogP contribution in [0.5, 0.6) is 0 Å². The second-order valence-electron chi connectivity index (χ2n) is 5.88. The summed E-state index contributed by atoms with van der Waals surface area (Å²) in [6, 6.07) is 0. The molecule has 0 aromatic carbocycles. The zero-order valence-corrected chi connectivity index (χ0v) is 12.4. The van der Waals surface area contributed by atoms with Crippen molar-refractivity contribution in [1.82, 2.24) is 9.78 Å². The van der Waals surface area contributed by atoms with Gasteiger partial charge in [0.05, 0.1) is 6.20 Å². The average molecular weight is 240 g/mol. The second-order valence-corrected chi connectivity index (χ2v) is 10.7. The standard InChI is InChI=1S/C12H24N2OSi/c1-12(2,3)16(5,6)15-8-7-11-9-13-14(4)10-11/h9-10H,7-8H2,1-6H3. The number of aromatic nitrogens is 2. The molecule has 1 aromatic rings. The Hall–Kier alpha value is -0.613. The summed E-state index contributed by atoms with van der Waals surface area (Å²) in [5.74, 6) is 0. The lowest BCUT2D eigenvalue weighted by molar-refractivity contribution is 0.292. The first-order valence-electron chi connectivity index (χ1n) is 5.84. The van der Waals surface area contributed by atoms with E-state index >= 15 is 0 Å². The first kappa shape index (κ1) is 13.5. The molecule has 16 heavy (non-hydrogen) atoms. The molecule has 0 fully saturated rings. The molecule has 3 nitrogen and oxygen atoms in total. The van der Waals surface area contributed by atoms with Gasteiger partial charge in [-0.2, -0.15) is 5.10 Å². The fourth-order valence-electron chi connectivity index (χ4n) is 1.24. The molecule has 92 valence electrons. The third-order valence-corrected chi connectivity index (χ3v) is 7.96. The predicted octanol–water partition coefficient (Wildman–Crippen LogP) is 2.98. The van der Waals surface area contributed by atoms with Gasteiger partial charge in [-0.3, -0.25) is 4.68 Å². The predicted molar refractivity (Wildman–Crippen MR) is 70.1 cm³/mol. The Balaban J connectivity index is 2.41. The summed E-state index contributed by atoms with van der Waals surface area (Å²) in [5.41, 5.74) is 1.25. The Bertz CT molecular complexity index is 339. The van der Waals surface area contributed by atoms with E-state index in [9.17, 15) is 0 Å². The number of nitrogens with zero attached hydrogens (tertiary/aromatic N) is 2. The highest BCUT2D eigenvalue weighted by Gasteiger charge is 2.36. The summed E-state index contributed by atoms with van der Waals surface area (Å²) >= 11 is 0. The van der Waals surface area contributed by atoms with Crippen molar-refractivity contribution < 1.29 is 4.43 Å². The fraction of sp³-hybridized carbons (Fsp3) is 0.750. The zero-order valence-electron chi connectivity index (χ0n) is 11.4. The molecular formula is C12H24N2OSi. The van der Waals surface area contributed by atoms with Crippen LogP contribution in [-0.4, -0.2) is 24.7 Å². The molecule has 0 aliphatic carbocycles. The van der Waals surface area contributed by atoms with Crippen LogP contribution in [0.4, 0.5) is 0 Å². The fourth-order valence-corrected chi connectivity index (χ4v) is 2.29. The number of rotatable bonds is 4. The average Bonchev–Trinajstić information content (AvgIpc) is 2.49. The highest BCUT2D eigenvalue weighted by molar-refractivity contribution is 6.74. The van der Waals surface area contributed by atoms with E-state index in [1.807, 2.05) is 17.9 Å². The van der Waals surface area contributed by atoms with E-state index in [-0.39, 0.29) is 0 Å². The molecule has 1 rings (SSSR count). The first-order valence-corrected chi connectivity index (χ1v) is 8.75. The number of aryl methyl sites for hydroxylation is 1. The Morgan fingerprint density at radius 3 is 2.44 bits per heavy atom. The van der Waals surface area contributed by atoms with E-state index in [4.69, 9.17) is 4.43 Å². The highest BCUT2D eigenvalue weighted by Crippen LogP contribution is 2.36. The monoisotopic (exact) mass is 240 g/mol. The molecule has 0 spiro atoms. The summed E-state index contributed by atoms with van der Waals surface area (Å²) in [6.45, 7) is 12.2. The van der Waals surface area contributed by atoms with Crippen LogP contribution in [0.1, 0.15) is 26.3 Å². The van der Waals surface area contributed by atoms with Crippen LogP contribution in [-0.2, 0) is 17.9 Å². The molecule has 0 saturated carbocycles.